The van der Waals surface area contributed by atoms with Gasteiger partial charge in [-0.1, -0.05) is 18.2 Å². The minimum Gasteiger partial charge on any atom is -0.545 e. The van der Waals surface area contributed by atoms with Crippen molar-refractivity contribution < 1.29 is 14.3 Å². The van der Waals surface area contributed by atoms with Gasteiger partial charge in [-0.15, -0.1) is 6.58 Å². The first-order valence-corrected chi connectivity index (χ1v) is 7.52. The van der Waals surface area contributed by atoms with Gasteiger partial charge in [0.25, 0.3) is 0 Å². The van der Waals surface area contributed by atoms with E-state index >= 15 is 0 Å². The summed E-state index contributed by atoms with van der Waals surface area (Å²) in [5.41, 5.74) is 4.33. The molecule has 0 aliphatic carbocycles. The number of carbonyl (C=O) groups excluding carboxylic acids is 1. The van der Waals surface area contributed by atoms with Crippen LogP contribution in [0.2, 0.25) is 0 Å². The zero-order valence-corrected chi connectivity index (χ0v) is 13.9. The third-order valence-electron chi connectivity index (χ3n) is 3.13. The van der Waals surface area contributed by atoms with Gasteiger partial charge in [-0.25, -0.2) is 0 Å². The second-order valence-electron chi connectivity index (χ2n) is 4.89. The summed E-state index contributed by atoms with van der Waals surface area (Å²) in [6.45, 7) is 5.99. The third kappa shape index (κ3) is 4.53. The Hall–Kier alpha value is -2.93. The van der Waals surface area contributed by atoms with Crippen LogP contribution in [0.5, 0.6) is 0 Å². The molecule has 124 valence electrons. The van der Waals surface area contributed by atoms with Crippen LogP contribution in [0.4, 0.5) is 0 Å². The van der Waals surface area contributed by atoms with E-state index in [9.17, 15) is 9.90 Å². The predicted molar refractivity (Wildman–Crippen MR) is 94.7 cm³/mol. The molecule has 6 nitrogen and oxygen atoms in total. The van der Waals surface area contributed by atoms with Crippen molar-refractivity contribution in [2.24, 2.45) is 5.10 Å². The number of carboxylic acid groups (broad SMARTS) is 1. The van der Waals surface area contributed by atoms with Crippen LogP contribution in [-0.4, -0.2) is 23.8 Å². The molecular formula is C17H16N3O3S-. The van der Waals surface area contributed by atoms with Crippen LogP contribution < -0.4 is 15.8 Å². The molecular weight excluding hydrogens is 326 g/mol. The van der Waals surface area contributed by atoms with Gasteiger partial charge in [0.1, 0.15) is 11.5 Å². The first-order valence-electron chi connectivity index (χ1n) is 7.11. The minimum absolute atomic E-state index is 0.0996. The Kier molecular flexibility index (Phi) is 5.86. The second-order valence-corrected chi connectivity index (χ2v) is 5.30. The number of furan rings is 1. The summed E-state index contributed by atoms with van der Waals surface area (Å²) in [5, 5.41) is 18.2. The van der Waals surface area contributed by atoms with Gasteiger partial charge in [0.05, 0.1) is 12.2 Å². The zero-order valence-electron chi connectivity index (χ0n) is 13.0. The Morgan fingerprint density at radius 1 is 1.42 bits per heavy atom. The molecule has 0 aliphatic heterocycles. The van der Waals surface area contributed by atoms with Crippen molar-refractivity contribution in [2.45, 2.75) is 6.92 Å². The normalized spacial score (nSPS) is 10.5. The van der Waals surface area contributed by atoms with Crippen LogP contribution in [-0.2, 0) is 0 Å². The van der Waals surface area contributed by atoms with Crippen LogP contribution >= 0.6 is 12.2 Å². The number of hydrazone groups is 1. The van der Waals surface area contributed by atoms with Crippen LogP contribution in [0.3, 0.4) is 0 Å². The van der Waals surface area contributed by atoms with Gasteiger partial charge < -0.3 is 19.6 Å². The van der Waals surface area contributed by atoms with Gasteiger partial charge in [0.2, 0.25) is 0 Å². The number of carbonyl (C=O) groups is 1. The molecule has 0 saturated carbocycles. The summed E-state index contributed by atoms with van der Waals surface area (Å²) in [6, 6.07) is 8.21. The monoisotopic (exact) mass is 342 g/mol. The van der Waals surface area contributed by atoms with Crippen molar-refractivity contribution >= 4 is 29.5 Å². The van der Waals surface area contributed by atoms with E-state index in [-0.39, 0.29) is 5.56 Å². The van der Waals surface area contributed by atoms with E-state index in [4.69, 9.17) is 16.6 Å². The molecule has 24 heavy (non-hydrogen) atoms. The number of hydrogen-bond donors (Lipinski definition) is 2. The fraction of sp³-hybridized carbons (Fsp3) is 0.118. The fourth-order valence-electron chi connectivity index (χ4n) is 1.94. The SMILES string of the molecule is C=CCNC(=S)N/N=C/c1ccc(-c2cc(C(=O)[O-])ccc2C)o1. The number of benzene rings is 1. The van der Waals surface area contributed by atoms with Gasteiger partial charge in [-0.3, -0.25) is 5.43 Å². The van der Waals surface area contributed by atoms with Gasteiger partial charge in [-0.05, 0) is 48.5 Å². The second kappa shape index (κ2) is 8.07. The smallest absolute Gasteiger partial charge is 0.187 e. The molecule has 0 amide bonds. The highest BCUT2D eigenvalue weighted by Crippen LogP contribution is 2.26. The number of hydrogen-bond acceptors (Lipinski definition) is 5. The standard InChI is InChI=1S/C17H17N3O3S/c1-3-8-18-17(24)20-19-10-13-6-7-15(23-13)14-9-12(16(21)22)5-4-11(14)2/h3-7,9-10H,1,8H2,2H3,(H,21,22)(H2,18,20,24)/p-1/b19-10+. The lowest BCUT2D eigenvalue weighted by molar-refractivity contribution is -0.255. The first-order chi connectivity index (χ1) is 11.5. The number of rotatable bonds is 6. The van der Waals surface area contributed by atoms with Gasteiger partial charge in [-0.2, -0.15) is 5.10 Å². The molecule has 0 saturated heterocycles. The molecule has 0 spiro atoms. The maximum atomic E-state index is 11.0. The van der Waals surface area contributed by atoms with E-state index in [2.05, 4.69) is 22.4 Å². The highest BCUT2D eigenvalue weighted by Gasteiger charge is 2.08. The molecule has 1 aromatic carbocycles. The number of aryl methyl sites for hydroxylation is 1. The summed E-state index contributed by atoms with van der Waals surface area (Å²) in [5.74, 6) is -0.180. The van der Waals surface area contributed by atoms with Crippen LogP contribution in [0.1, 0.15) is 21.7 Å². The molecule has 2 rings (SSSR count). The van der Waals surface area contributed by atoms with E-state index < -0.39 is 5.97 Å². The number of aromatic carboxylic acids is 1. The maximum Gasteiger partial charge on any atom is 0.187 e. The average molecular weight is 342 g/mol. The third-order valence-corrected chi connectivity index (χ3v) is 3.37. The van der Waals surface area contributed by atoms with Crippen molar-refractivity contribution in [1.82, 2.24) is 10.7 Å². The first kappa shape index (κ1) is 17.4. The quantitative estimate of drug-likeness (QED) is 0.359. The fourth-order valence-corrected chi connectivity index (χ4v) is 2.08. The molecule has 0 unspecified atom stereocenters. The molecule has 1 aromatic heterocycles. The molecule has 0 atom stereocenters. The number of carboxylic acids is 1. The number of nitrogens with zero attached hydrogens (tertiary/aromatic N) is 1. The van der Waals surface area contributed by atoms with Crippen LogP contribution in [0.25, 0.3) is 11.3 Å². The molecule has 0 bridgehead atoms. The lowest BCUT2D eigenvalue weighted by Gasteiger charge is -2.07. The van der Waals surface area contributed by atoms with E-state index in [0.29, 0.717) is 28.7 Å². The Bertz CT molecular complexity index is 796. The zero-order chi connectivity index (χ0) is 17.5. The minimum atomic E-state index is -1.23. The highest BCUT2D eigenvalue weighted by atomic mass is 32.1. The Labute approximate surface area is 144 Å². The summed E-state index contributed by atoms with van der Waals surface area (Å²) < 4.78 is 5.67. The van der Waals surface area contributed by atoms with Gasteiger partial charge in [0.15, 0.2) is 5.11 Å². The van der Waals surface area contributed by atoms with Gasteiger partial charge >= 0.3 is 0 Å². The van der Waals surface area contributed by atoms with E-state index in [1.807, 2.05) is 6.92 Å². The van der Waals surface area contributed by atoms with E-state index in [0.717, 1.165) is 5.56 Å². The predicted octanol–water partition coefficient (Wildman–Crippen LogP) is 1.60. The Morgan fingerprint density at radius 3 is 2.92 bits per heavy atom. The number of nitrogens with one attached hydrogen (secondary N) is 2. The Morgan fingerprint density at radius 2 is 2.21 bits per heavy atom. The van der Waals surface area contributed by atoms with Crippen LogP contribution in [0.15, 0.2) is 52.5 Å². The maximum absolute atomic E-state index is 11.0. The average Bonchev–Trinajstić information content (AvgIpc) is 3.01. The van der Waals surface area contributed by atoms with Crippen molar-refractivity contribution in [3.63, 3.8) is 0 Å². The van der Waals surface area contributed by atoms with Crippen molar-refractivity contribution in [3.8, 4) is 11.3 Å². The Balaban J connectivity index is 2.11. The molecule has 2 aromatic rings. The largest absolute Gasteiger partial charge is 0.545 e. The van der Waals surface area contributed by atoms with Crippen molar-refractivity contribution in [3.05, 3.63) is 59.9 Å². The summed E-state index contributed by atoms with van der Waals surface area (Å²) in [4.78, 5) is 11.0. The van der Waals surface area contributed by atoms with Crippen molar-refractivity contribution in [2.75, 3.05) is 6.54 Å². The van der Waals surface area contributed by atoms with E-state index in [1.54, 1.807) is 24.3 Å². The number of thiocarbonyl (C=S) groups is 1. The lowest BCUT2D eigenvalue weighted by atomic mass is 10.0. The van der Waals surface area contributed by atoms with Crippen LogP contribution in [0, 0.1) is 6.92 Å². The van der Waals surface area contributed by atoms with Gasteiger partial charge in [0, 0.05) is 12.1 Å². The molecule has 1 heterocycles. The molecule has 2 N–H and O–H groups in total. The molecule has 0 fully saturated rings. The summed E-state index contributed by atoms with van der Waals surface area (Å²) >= 11 is 5.00. The molecule has 7 heteroatoms. The molecule has 0 radical (unpaired) electrons. The summed E-state index contributed by atoms with van der Waals surface area (Å²) in [7, 11) is 0. The lowest BCUT2D eigenvalue weighted by Crippen LogP contribution is -2.31. The topological polar surface area (TPSA) is 89.7 Å². The summed E-state index contributed by atoms with van der Waals surface area (Å²) in [6.07, 6.45) is 3.16. The van der Waals surface area contributed by atoms with E-state index in [1.165, 1.54) is 18.3 Å². The highest BCUT2D eigenvalue weighted by molar-refractivity contribution is 7.80. The van der Waals surface area contributed by atoms with Crippen molar-refractivity contribution in [1.29, 1.82) is 0 Å². The molecule has 0 aliphatic rings.